The van der Waals surface area contributed by atoms with E-state index in [0.29, 0.717) is 0 Å². The van der Waals surface area contributed by atoms with E-state index in [-0.39, 0.29) is 17.9 Å². The van der Waals surface area contributed by atoms with Crippen LogP contribution in [0.3, 0.4) is 0 Å². The zero-order valence-corrected chi connectivity index (χ0v) is 6.84. The van der Waals surface area contributed by atoms with E-state index in [1.54, 1.807) is 0 Å². The Morgan fingerprint density at radius 1 is 1.64 bits per heavy atom. The minimum Gasteiger partial charge on any atom is -0.481 e. The summed E-state index contributed by atoms with van der Waals surface area (Å²) in [5.74, 6) is -0.988. The van der Waals surface area contributed by atoms with Crippen LogP contribution in [0.1, 0.15) is 5.69 Å². The van der Waals surface area contributed by atoms with Crippen molar-refractivity contribution in [2.24, 2.45) is 0 Å². The zero-order valence-electron chi connectivity index (χ0n) is 6.84. The third-order valence-electron chi connectivity index (χ3n) is 1.57. The lowest BCUT2D eigenvalue weighted by Gasteiger charge is -1.94. The smallest absolute Gasteiger partial charge is 0.309 e. The molecule has 2 heterocycles. The molecular formula is C6H5N5O3. The SMILES string of the molecule is O=C(O)Cc1cc(=O)n2[nH]nnc2n1. The second-order valence-corrected chi connectivity index (χ2v) is 2.59. The topological polar surface area (TPSA) is 113 Å². The first-order valence-electron chi connectivity index (χ1n) is 3.68. The number of carboxylic acid groups (broad SMARTS) is 1. The molecule has 14 heavy (non-hydrogen) atoms. The standard InChI is InChI=1S/C6H5N5O3/c12-4-1-3(2-5(13)14)7-6-8-9-10-11(4)6/h1H,2H2,(H,13,14)(H,7,8,10). The molecule has 2 rings (SSSR count). The predicted octanol–water partition coefficient (Wildman–Crippen LogP) is -1.56. The van der Waals surface area contributed by atoms with E-state index in [4.69, 9.17) is 5.11 Å². The zero-order chi connectivity index (χ0) is 10.1. The van der Waals surface area contributed by atoms with Gasteiger partial charge >= 0.3 is 5.97 Å². The highest BCUT2D eigenvalue weighted by Crippen LogP contribution is 1.94. The fraction of sp³-hybridized carbons (Fsp3) is 0.167. The molecule has 0 saturated heterocycles. The Morgan fingerprint density at radius 2 is 2.43 bits per heavy atom. The van der Waals surface area contributed by atoms with Crippen LogP contribution in [0.4, 0.5) is 0 Å². The molecule has 0 bridgehead atoms. The molecule has 2 aromatic heterocycles. The third-order valence-corrected chi connectivity index (χ3v) is 1.57. The van der Waals surface area contributed by atoms with Crippen LogP contribution in [0.2, 0.25) is 0 Å². The van der Waals surface area contributed by atoms with Gasteiger partial charge in [-0.2, -0.15) is 9.73 Å². The van der Waals surface area contributed by atoms with Gasteiger partial charge in [-0.1, -0.05) is 5.10 Å². The van der Waals surface area contributed by atoms with Gasteiger partial charge in [-0.25, -0.2) is 4.98 Å². The lowest BCUT2D eigenvalue weighted by atomic mass is 10.3. The molecular weight excluding hydrogens is 190 g/mol. The van der Waals surface area contributed by atoms with Gasteiger partial charge in [0.05, 0.1) is 12.1 Å². The van der Waals surface area contributed by atoms with Gasteiger partial charge in [-0.15, -0.1) is 0 Å². The molecule has 0 aliphatic carbocycles. The van der Waals surface area contributed by atoms with Gasteiger partial charge in [-0.05, 0) is 5.21 Å². The minimum absolute atomic E-state index is 0.0637. The number of tetrazole rings is 1. The molecule has 2 aromatic rings. The van der Waals surface area contributed by atoms with Crippen LogP contribution in [-0.4, -0.2) is 36.1 Å². The fourth-order valence-electron chi connectivity index (χ4n) is 1.03. The molecule has 0 aliphatic heterocycles. The number of hydrogen-bond donors (Lipinski definition) is 2. The summed E-state index contributed by atoms with van der Waals surface area (Å²) in [6, 6.07) is 1.13. The average Bonchev–Trinajstić information content (AvgIpc) is 2.50. The first kappa shape index (κ1) is 8.35. The number of H-pyrrole nitrogens is 1. The molecule has 0 spiro atoms. The summed E-state index contributed by atoms with van der Waals surface area (Å²) in [5, 5.41) is 17.7. The van der Waals surface area contributed by atoms with Crippen LogP contribution in [-0.2, 0) is 11.2 Å². The molecule has 72 valence electrons. The number of fused-ring (bicyclic) bond motifs is 1. The van der Waals surface area contributed by atoms with Crippen molar-refractivity contribution in [2.75, 3.05) is 0 Å². The van der Waals surface area contributed by atoms with Crippen LogP contribution in [0.25, 0.3) is 5.78 Å². The van der Waals surface area contributed by atoms with Gasteiger partial charge in [0.1, 0.15) is 0 Å². The largest absolute Gasteiger partial charge is 0.481 e. The van der Waals surface area contributed by atoms with Gasteiger partial charge in [0.25, 0.3) is 11.3 Å². The molecule has 0 fully saturated rings. The molecule has 0 amide bonds. The van der Waals surface area contributed by atoms with Crippen LogP contribution in [0, 0.1) is 0 Å². The molecule has 0 radical (unpaired) electrons. The van der Waals surface area contributed by atoms with E-state index in [2.05, 4.69) is 20.5 Å². The number of carboxylic acids is 1. The summed E-state index contributed by atoms with van der Waals surface area (Å²) in [5.41, 5.74) is -0.271. The molecule has 8 heteroatoms. The van der Waals surface area contributed by atoms with Gasteiger partial charge in [0.2, 0.25) is 0 Å². The Labute approximate surface area is 76.2 Å². The fourth-order valence-corrected chi connectivity index (χ4v) is 1.03. The molecule has 0 unspecified atom stereocenters. The van der Waals surface area contributed by atoms with Crippen LogP contribution < -0.4 is 5.56 Å². The maximum Gasteiger partial charge on any atom is 0.309 e. The quantitative estimate of drug-likeness (QED) is 0.599. The van der Waals surface area contributed by atoms with Crippen molar-refractivity contribution >= 4 is 11.7 Å². The molecule has 0 saturated carbocycles. The highest BCUT2D eigenvalue weighted by Gasteiger charge is 2.07. The van der Waals surface area contributed by atoms with Crippen LogP contribution in [0.5, 0.6) is 0 Å². The van der Waals surface area contributed by atoms with Crippen molar-refractivity contribution in [2.45, 2.75) is 6.42 Å². The number of aromatic amines is 1. The highest BCUT2D eigenvalue weighted by atomic mass is 16.4. The number of nitrogens with zero attached hydrogens (tertiary/aromatic N) is 4. The van der Waals surface area contributed by atoms with Gasteiger partial charge < -0.3 is 5.11 Å². The van der Waals surface area contributed by atoms with Crippen molar-refractivity contribution in [3.63, 3.8) is 0 Å². The Hall–Kier alpha value is -2.25. The van der Waals surface area contributed by atoms with Gasteiger partial charge in [-0.3, -0.25) is 9.59 Å². The number of nitrogens with one attached hydrogen (secondary N) is 1. The average molecular weight is 195 g/mol. The number of aliphatic carboxylic acids is 1. The lowest BCUT2D eigenvalue weighted by molar-refractivity contribution is -0.136. The molecule has 2 N–H and O–H groups in total. The molecule has 0 aliphatic rings. The predicted molar refractivity (Wildman–Crippen MR) is 42.7 cm³/mol. The maximum atomic E-state index is 11.3. The van der Waals surface area contributed by atoms with Gasteiger partial charge in [0.15, 0.2) is 0 Å². The van der Waals surface area contributed by atoms with E-state index in [1.165, 1.54) is 0 Å². The van der Waals surface area contributed by atoms with Crippen molar-refractivity contribution in [1.29, 1.82) is 0 Å². The van der Waals surface area contributed by atoms with E-state index in [0.717, 1.165) is 10.6 Å². The minimum atomic E-state index is -1.05. The Balaban J connectivity index is 2.58. The highest BCUT2D eigenvalue weighted by molar-refractivity contribution is 5.69. The Morgan fingerprint density at radius 3 is 3.14 bits per heavy atom. The van der Waals surface area contributed by atoms with Crippen molar-refractivity contribution < 1.29 is 9.90 Å². The van der Waals surface area contributed by atoms with Crippen molar-refractivity contribution in [3.05, 3.63) is 22.1 Å². The Kier molecular flexibility index (Phi) is 1.73. The monoisotopic (exact) mass is 195 g/mol. The van der Waals surface area contributed by atoms with Crippen LogP contribution >= 0.6 is 0 Å². The van der Waals surface area contributed by atoms with E-state index in [1.807, 2.05) is 0 Å². The lowest BCUT2D eigenvalue weighted by Crippen LogP contribution is -2.17. The Bertz CT molecular complexity index is 542. The summed E-state index contributed by atoms with van der Waals surface area (Å²) in [6.07, 6.45) is -0.307. The second kappa shape index (κ2) is 2.91. The van der Waals surface area contributed by atoms with E-state index in [9.17, 15) is 9.59 Å². The maximum absolute atomic E-state index is 11.3. The normalized spacial score (nSPS) is 10.6. The molecule has 8 nitrogen and oxygen atoms in total. The number of hydrogen-bond acceptors (Lipinski definition) is 5. The second-order valence-electron chi connectivity index (χ2n) is 2.59. The summed E-state index contributed by atoms with van der Waals surface area (Å²) in [4.78, 5) is 25.4. The first-order valence-corrected chi connectivity index (χ1v) is 3.68. The molecule has 0 aromatic carbocycles. The van der Waals surface area contributed by atoms with Crippen molar-refractivity contribution in [3.8, 4) is 0 Å². The summed E-state index contributed by atoms with van der Waals surface area (Å²) in [6.45, 7) is 0. The summed E-state index contributed by atoms with van der Waals surface area (Å²) in [7, 11) is 0. The summed E-state index contributed by atoms with van der Waals surface area (Å²) >= 11 is 0. The van der Waals surface area contributed by atoms with Crippen molar-refractivity contribution in [1.82, 2.24) is 25.0 Å². The third kappa shape index (κ3) is 1.32. The van der Waals surface area contributed by atoms with Gasteiger partial charge in [0, 0.05) is 6.07 Å². The number of rotatable bonds is 2. The van der Waals surface area contributed by atoms with E-state index < -0.39 is 11.5 Å². The molecule has 0 atom stereocenters. The van der Waals surface area contributed by atoms with E-state index >= 15 is 0 Å². The summed E-state index contributed by atoms with van der Waals surface area (Å²) < 4.78 is 1.02. The first-order chi connectivity index (χ1) is 6.66. The number of carbonyl (C=O) groups is 1. The number of aromatic nitrogens is 5. The van der Waals surface area contributed by atoms with Crippen LogP contribution in [0.15, 0.2) is 10.9 Å².